The molecule has 2 N–H and O–H groups in total. The van der Waals surface area contributed by atoms with Gasteiger partial charge in [-0.3, -0.25) is 9.59 Å². The first-order valence-corrected chi connectivity index (χ1v) is 16.0. The number of thiazole rings is 1. The second-order valence-electron chi connectivity index (χ2n) is 9.48. The molecule has 3 aromatic rings. The van der Waals surface area contributed by atoms with Crippen LogP contribution < -0.4 is 9.47 Å². The Morgan fingerprint density at radius 2 is 1.65 bits per heavy atom. The van der Waals surface area contributed by atoms with Gasteiger partial charge in [0.05, 0.1) is 29.3 Å². The zero-order valence-electron chi connectivity index (χ0n) is 22.5. The molecule has 0 saturated heterocycles. The molecule has 11 heteroatoms. The zero-order chi connectivity index (χ0) is 29.0. The molecule has 0 radical (unpaired) electrons. The Labute approximate surface area is 238 Å². The van der Waals surface area contributed by atoms with Gasteiger partial charge in [-0.25, -0.2) is 13.4 Å². The molecule has 0 unspecified atom stereocenters. The van der Waals surface area contributed by atoms with Gasteiger partial charge in [-0.15, -0.1) is 11.3 Å². The number of aromatic nitrogens is 1. The molecule has 9 nitrogen and oxygen atoms in total. The van der Waals surface area contributed by atoms with Crippen LogP contribution in [0, 0.1) is 0 Å². The maximum atomic E-state index is 12.1. The van der Waals surface area contributed by atoms with Crippen LogP contribution in [0.1, 0.15) is 56.1 Å². The van der Waals surface area contributed by atoms with Crippen LogP contribution in [0.15, 0.2) is 52.2 Å². The summed E-state index contributed by atoms with van der Waals surface area (Å²) in [7, 11) is -3.40. The Hall–Kier alpha value is -3.44. The van der Waals surface area contributed by atoms with E-state index in [1.807, 2.05) is 17.5 Å². The van der Waals surface area contributed by atoms with Crippen molar-refractivity contribution in [3.8, 4) is 22.8 Å². The van der Waals surface area contributed by atoms with Gasteiger partial charge in [0.2, 0.25) is 0 Å². The quantitative estimate of drug-likeness (QED) is 0.180. The number of rotatable bonds is 18. The number of hydrogen-bond donors (Lipinski definition) is 2. The van der Waals surface area contributed by atoms with Gasteiger partial charge < -0.3 is 19.7 Å². The van der Waals surface area contributed by atoms with E-state index >= 15 is 0 Å². The summed E-state index contributed by atoms with van der Waals surface area (Å²) in [6, 6.07) is 10.6. The van der Waals surface area contributed by atoms with Crippen molar-refractivity contribution in [2.24, 2.45) is 0 Å². The van der Waals surface area contributed by atoms with Crippen molar-refractivity contribution in [1.29, 1.82) is 0 Å². The molecule has 0 aliphatic rings. The number of sulfone groups is 1. The molecule has 0 spiro atoms. The molecule has 1 aromatic heterocycles. The third-order valence-corrected chi connectivity index (χ3v) is 7.94. The fraction of sp³-hybridized carbons (Fsp3) is 0.414. The highest BCUT2D eigenvalue weighted by Crippen LogP contribution is 2.29. The van der Waals surface area contributed by atoms with Crippen LogP contribution >= 0.6 is 11.3 Å². The molecule has 0 atom stereocenters. The lowest BCUT2D eigenvalue weighted by Gasteiger charge is -2.15. The first-order chi connectivity index (χ1) is 19.1. The fourth-order valence-corrected chi connectivity index (χ4v) is 5.47. The number of carboxylic acids is 2. The van der Waals surface area contributed by atoms with Crippen molar-refractivity contribution in [3.63, 3.8) is 0 Å². The Morgan fingerprint density at radius 1 is 0.900 bits per heavy atom. The van der Waals surface area contributed by atoms with Crippen LogP contribution in [0.5, 0.6) is 11.5 Å². The molecule has 0 fully saturated rings. The number of hydrogen-bond acceptors (Lipinski definition) is 8. The molecule has 1 heterocycles. The summed E-state index contributed by atoms with van der Waals surface area (Å²) in [5, 5.41) is 19.9. The monoisotopic (exact) mass is 589 g/mol. The number of carboxylic acid groups (broad SMARTS) is 2. The lowest BCUT2D eigenvalue weighted by Crippen LogP contribution is -2.07. The topological polar surface area (TPSA) is 140 Å². The standard InChI is InChI=1S/C29H35NO8S2/c1-40(35,36)24-17-22(26-19-39-20-30-26)16-23(18-24)37-14-5-3-2-4-8-21-9-6-10-27(25(21)12-13-29(33)34)38-15-7-11-28(31)32/h6,9-10,16-20H,2-5,7-8,11-15H2,1H3,(H,31,32)(H,33,34). The molecular formula is C29H35NO8S2. The van der Waals surface area contributed by atoms with Crippen LogP contribution in [0.2, 0.25) is 0 Å². The lowest BCUT2D eigenvalue weighted by molar-refractivity contribution is -0.138. The van der Waals surface area contributed by atoms with Crippen molar-refractivity contribution in [2.45, 2.75) is 62.7 Å². The Balaban J connectivity index is 1.50. The lowest BCUT2D eigenvalue weighted by atomic mass is 9.97. The summed E-state index contributed by atoms with van der Waals surface area (Å²) in [6.07, 6.45) is 6.25. The van der Waals surface area contributed by atoms with Crippen molar-refractivity contribution < 1.29 is 37.7 Å². The van der Waals surface area contributed by atoms with E-state index in [1.54, 1.807) is 29.8 Å². The molecule has 0 amide bonds. The third-order valence-electron chi connectivity index (χ3n) is 6.26. The minimum absolute atomic E-state index is 0.00937. The van der Waals surface area contributed by atoms with Gasteiger partial charge in [-0.2, -0.15) is 0 Å². The van der Waals surface area contributed by atoms with E-state index in [0.29, 0.717) is 42.2 Å². The van der Waals surface area contributed by atoms with Crippen LogP contribution in [-0.4, -0.2) is 55.0 Å². The summed E-state index contributed by atoms with van der Waals surface area (Å²) < 4.78 is 36.0. The third kappa shape index (κ3) is 10.3. The van der Waals surface area contributed by atoms with E-state index in [9.17, 15) is 23.1 Å². The summed E-state index contributed by atoms with van der Waals surface area (Å²) in [5.41, 5.74) is 5.01. The Kier molecular flexibility index (Phi) is 12.0. The molecule has 216 valence electrons. The van der Waals surface area contributed by atoms with E-state index in [0.717, 1.165) is 43.2 Å². The van der Waals surface area contributed by atoms with Gasteiger partial charge in [-0.1, -0.05) is 25.0 Å². The van der Waals surface area contributed by atoms with Crippen LogP contribution in [0.3, 0.4) is 0 Å². The molecule has 40 heavy (non-hydrogen) atoms. The van der Waals surface area contributed by atoms with Gasteiger partial charge in [-0.05, 0) is 67.5 Å². The largest absolute Gasteiger partial charge is 0.494 e. The molecule has 2 aromatic carbocycles. The maximum absolute atomic E-state index is 12.1. The summed E-state index contributed by atoms with van der Waals surface area (Å²) in [4.78, 5) is 26.4. The first-order valence-electron chi connectivity index (χ1n) is 13.2. The SMILES string of the molecule is CS(=O)(=O)c1cc(OCCCCCCc2cccc(OCCCC(=O)O)c2CCC(=O)O)cc(-c2cscn2)c1. The number of aryl methyl sites for hydroxylation is 1. The average molecular weight is 590 g/mol. The highest BCUT2D eigenvalue weighted by atomic mass is 32.2. The van der Waals surface area contributed by atoms with E-state index in [2.05, 4.69) is 4.98 Å². The molecule has 0 aliphatic heterocycles. The summed E-state index contributed by atoms with van der Waals surface area (Å²) >= 11 is 1.44. The number of carbonyl (C=O) groups is 2. The fourth-order valence-electron chi connectivity index (χ4n) is 4.23. The van der Waals surface area contributed by atoms with Crippen LogP contribution in [0.25, 0.3) is 11.3 Å². The number of benzene rings is 2. The van der Waals surface area contributed by atoms with Crippen LogP contribution in [-0.2, 0) is 32.3 Å². The number of aliphatic carboxylic acids is 2. The molecular weight excluding hydrogens is 554 g/mol. The minimum Gasteiger partial charge on any atom is -0.494 e. The van der Waals surface area contributed by atoms with Crippen molar-refractivity contribution >= 4 is 33.1 Å². The minimum atomic E-state index is -3.40. The summed E-state index contributed by atoms with van der Waals surface area (Å²) in [6.45, 7) is 0.710. The number of ether oxygens (including phenoxy) is 2. The van der Waals surface area contributed by atoms with E-state index < -0.39 is 21.8 Å². The maximum Gasteiger partial charge on any atom is 0.303 e. The molecule has 0 bridgehead atoms. The molecule has 3 rings (SSSR count). The van der Waals surface area contributed by atoms with E-state index in [-0.39, 0.29) is 24.3 Å². The second-order valence-corrected chi connectivity index (χ2v) is 12.2. The molecule has 0 saturated carbocycles. The summed E-state index contributed by atoms with van der Waals surface area (Å²) in [5.74, 6) is -0.649. The normalized spacial score (nSPS) is 11.3. The van der Waals surface area contributed by atoms with Crippen molar-refractivity contribution in [3.05, 3.63) is 58.4 Å². The predicted molar refractivity (Wildman–Crippen MR) is 153 cm³/mol. The zero-order valence-corrected chi connectivity index (χ0v) is 24.1. The average Bonchev–Trinajstić information content (AvgIpc) is 3.44. The highest BCUT2D eigenvalue weighted by Gasteiger charge is 2.14. The number of nitrogens with zero attached hydrogens (tertiary/aromatic N) is 1. The number of unbranched alkanes of at least 4 members (excludes halogenated alkanes) is 3. The predicted octanol–water partition coefficient (Wildman–Crippen LogP) is 5.66. The second kappa shape index (κ2) is 15.4. The first kappa shape index (κ1) is 31.1. The molecule has 0 aliphatic carbocycles. The Bertz CT molecular complexity index is 1370. The van der Waals surface area contributed by atoms with Crippen molar-refractivity contribution in [1.82, 2.24) is 4.98 Å². The smallest absolute Gasteiger partial charge is 0.303 e. The highest BCUT2D eigenvalue weighted by molar-refractivity contribution is 7.90. The van der Waals surface area contributed by atoms with E-state index in [4.69, 9.17) is 14.6 Å². The Morgan fingerprint density at radius 3 is 2.35 bits per heavy atom. The van der Waals surface area contributed by atoms with E-state index in [1.165, 1.54) is 17.6 Å². The van der Waals surface area contributed by atoms with Crippen molar-refractivity contribution in [2.75, 3.05) is 19.5 Å². The van der Waals surface area contributed by atoms with Gasteiger partial charge >= 0.3 is 11.9 Å². The van der Waals surface area contributed by atoms with Gasteiger partial charge in [0.15, 0.2) is 9.84 Å². The van der Waals surface area contributed by atoms with Gasteiger partial charge in [0.1, 0.15) is 11.5 Å². The van der Waals surface area contributed by atoms with Gasteiger partial charge in [0.25, 0.3) is 0 Å². The van der Waals surface area contributed by atoms with Crippen LogP contribution in [0.4, 0.5) is 0 Å². The van der Waals surface area contributed by atoms with Gasteiger partial charge in [0, 0.05) is 30.0 Å².